The van der Waals surface area contributed by atoms with Gasteiger partial charge in [0.15, 0.2) is 0 Å². The van der Waals surface area contributed by atoms with Crippen LogP contribution >= 0.6 is 0 Å². The maximum atomic E-state index is 5.98. The van der Waals surface area contributed by atoms with Crippen molar-refractivity contribution in [2.75, 3.05) is 19.7 Å². The van der Waals surface area contributed by atoms with Crippen LogP contribution in [-0.2, 0) is 4.43 Å². The zero-order valence-electron chi connectivity index (χ0n) is 9.89. The molecular weight excluding hydrogens is 178 g/mol. The Morgan fingerprint density at radius 3 is 2.00 bits per heavy atom. The Morgan fingerprint density at radius 1 is 1.08 bits per heavy atom. The Balaban J connectivity index is 3.88. The fourth-order valence-corrected chi connectivity index (χ4v) is 3.89. The third-order valence-electron chi connectivity index (χ3n) is 2.48. The largest absolute Gasteiger partial charge is 0.403 e. The molecule has 2 nitrogen and oxygen atoms in total. The van der Waals surface area contributed by atoms with E-state index in [9.17, 15) is 0 Å². The molecule has 0 amide bonds. The average Bonchev–Trinajstić information content (AvgIpc) is 2.06. The minimum Gasteiger partial charge on any atom is -0.403 e. The molecule has 0 unspecified atom stereocenters. The van der Waals surface area contributed by atoms with Gasteiger partial charge in [-0.3, -0.25) is 0 Å². The minimum absolute atomic E-state index is 0.937. The number of nitrogens with zero attached hydrogens (tertiary/aromatic N) is 1. The molecule has 0 aromatic heterocycles. The predicted molar refractivity (Wildman–Crippen MR) is 61.3 cm³/mol. The Morgan fingerprint density at radius 2 is 1.62 bits per heavy atom. The molecule has 0 saturated heterocycles. The first-order valence-corrected chi connectivity index (χ1v) is 8.33. The second-order valence-electron chi connectivity index (χ2n) is 3.82. The molecule has 0 aliphatic rings. The van der Waals surface area contributed by atoms with Crippen molar-refractivity contribution in [1.29, 1.82) is 0 Å². The molecule has 3 heteroatoms. The van der Waals surface area contributed by atoms with Gasteiger partial charge in [-0.15, -0.1) is 0 Å². The first-order valence-electron chi connectivity index (χ1n) is 5.47. The Hall–Kier alpha value is 0.137. The van der Waals surface area contributed by atoms with Gasteiger partial charge in [-0.25, -0.2) is 0 Å². The lowest BCUT2D eigenvalue weighted by Crippen LogP contribution is -2.51. The fourth-order valence-electron chi connectivity index (χ4n) is 1.54. The number of unbranched alkanes of at least 4 members (excludes halogenated alkanes) is 1. The molecule has 0 spiro atoms. The van der Waals surface area contributed by atoms with Crippen LogP contribution in [0.25, 0.3) is 0 Å². The van der Waals surface area contributed by atoms with Crippen LogP contribution in [0.1, 0.15) is 33.6 Å². The van der Waals surface area contributed by atoms with Gasteiger partial charge >= 0.3 is 0 Å². The van der Waals surface area contributed by atoms with Crippen molar-refractivity contribution in [3.63, 3.8) is 0 Å². The summed E-state index contributed by atoms with van der Waals surface area (Å²) >= 11 is 0. The zero-order valence-corrected chi connectivity index (χ0v) is 10.9. The van der Waals surface area contributed by atoms with Gasteiger partial charge in [0.05, 0.1) is 0 Å². The lowest BCUT2D eigenvalue weighted by Gasteiger charge is -2.34. The maximum absolute atomic E-state index is 5.98. The molecular formula is C10H25NOSi. The smallest absolute Gasteiger partial charge is 0.265 e. The third-order valence-corrected chi connectivity index (χ3v) is 5.54. The summed E-state index contributed by atoms with van der Waals surface area (Å²) in [4.78, 5) is 0. The van der Waals surface area contributed by atoms with Crippen molar-refractivity contribution in [3.8, 4) is 0 Å². The highest BCUT2D eigenvalue weighted by molar-refractivity contribution is 6.68. The van der Waals surface area contributed by atoms with E-state index in [4.69, 9.17) is 4.43 Å². The number of hydrogen-bond donors (Lipinski definition) is 0. The Kier molecular flexibility index (Phi) is 6.64. The van der Waals surface area contributed by atoms with Gasteiger partial charge in [-0.1, -0.05) is 27.2 Å². The van der Waals surface area contributed by atoms with Crippen LogP contribution in [0.4, 0.5) is 0 Å². The molecule has 0 saturated carbocycles. The molecule has 0 aliphatic heterocycles. The highest BCUT2D eigenvalue weighted by Gasteiger charge is 2.28. The van der Waals surface area contributed by atoms with E-state index in [0.29, 0.717) is 0 Å². The van der Waals surface area contributed by atoms with Gasteiger partial charge in [0.25, 0.3) is 8.48 Å². The fraction of sp³-hybridized carbons (Fsp3) is 1.00. The van der Waals surface area contributed by atoms with Gasteiger partial charge in [0, 0.05) is 6.61 Å². The molecule has 13 heavy (non-hydrogen) atoms. The maximum Gasteiger partial charge on any atom is 0.265 e. The van der Waals surface area contributed by atoms with Gasteiger partial charge in [-0.05, 0) is 32.6 Å². The van der Waals surface area contributed by atoms with Crippen LogP contribution in [0, 0.1) is 0 Å². The van der Waals surface area contributed by atoms with Crippen LogP contribution in [-0.4, -0.2) is 32.7 Å². The molecule has 0 atom stereocenters. The minimum atomic E-state index is -1.54. The molecule has 80 valence electrons. The van der Waals surface area contributed by atoms with Crippen molar-refractivity contribution < 1.29 is 4.43 Å². The summed E-state index contributed by atoms with van der Waals surface area (Å²) < 4.78 is 8.45. The van der Waals surface area contributed by atoms with Gasteiger partial charge in [0.2, 0.25) is 0 Å². The normalized spacial score (nSPS) is 12.5. The highest BCUT2D eigenvalue weighted by Crippen LogP contribution is 2.11. The highest BCUT2D eigenvalue weighted by atomic mass is 28.4. The topological polar surface area (TPSA) is 12.5 Å². The van der Waals surface area contributed by atoms with Crippen molar-refractivity contribution >= 4 is 8.48 Å². The summed E-state index contributed by atoms with van der Waals surface area (Å²) in [6, 6.07) is 0. The molecule has 0 N–H and O–H groups in total. The Bertz CT molecular complexity index is 124. The first-order chi connectivity index (χ1) is 6.08. The van der Waals surface area contributed by atoms with E-state index < -0.39 is 8.48 Å². The van der Waals surface area contributed by atoms with Gasteiger partial charge < -0.3 is 8.99 Å². The lowest BCUT2D eigenvalue weighted by atomic mass is 10.4. The summed E-state index contributed by atoms with van der Waals surface area (Å²) in [6.45, 7) is 14.4. The number of hydrogen-bond acceptors (Lipinski definition) is 2. The first kappa shape index (κ1) is 13.1. The summed E-state index contributed by atoms with van der Waals surface area (Å²) in [5.74, 6) is 0. The van der Waals surface area contributed by atoms with E-state index in [-0.39, 0.29) is 0 Å². The summed E-state index contributed by atoms with van der Waals surface area (Å²) in [7, 11) is -1.54. The van der Waals surface area contributed by atoms with E-state index in [1.54, 1.807) is 0 Å². The van der Waals surface area contributed by atoms with E-state index >= 15 is 0 Å². The molecule has 0 aliphatic carbocycles. The predicted octanol–water partition coefficient (Wildman–Crippen LogP) is 2.85. The number of rotatable bonds is 7. The molecule has 0 radical (unpaired) electrons. The molecule has 0 bridgehead atoms. The van der Waals surface area contributed by atoms with E-state index in [1.165, 1.54) is 12.8 Å². The van der Waals surface area contributed by atoms with Crippen molar-refractivity contribution in [1.82, 2.24) is 4.57 Å². The zero-order chi connectivity index (χ0) is 10.3. The molecule has 0 rings (SSSR count). The van der Waals surface area contributed by atoms with E-state index in [1.807, 2.05) is 0 Å². The SMILES string of the molecule is CCCCO[Si](C)(C)N(CC)CC. The van der Waals surface area contributed by atoms with E-state index in [2.05, 4.69) is 38.4 Å². The van der Waals surface area contributed by atoms with Crippen LogP contribution in [0.2, 0.25) is 13.1 Å². The summed E-state index contributed by atoms with van der Waals surface area (Å²) in [5.41, 5.74) is 0. The van der Waals surface area contributed by atoms with Crippen molar-refractivity contribution in [3.05, 3.63) is 0 Å². The van der Waals surface area contributed by atoms with Crippen LogP contribution in [0.15, 0.2) is 0 Å². The molecule has 0 aromatic rings. The van der Waals surface area contributed by atoms with Crippen LogP contribution in [0.5, 0.6) is 0 Å². The van der Waals surface area contributed by atoms with E-state index in [0.717, 1.165) is 19.7 Å². The molecule has 0 fully saturated rings. The van der Waals surface area contributed by atoms with Crippen molar-refractivity contribution in [2.24, 2.45) is 0 Å². The van der Waals surface area contributed by atoms with Gasteiger partial charge in [-0.2, -0.15) is 0 Å². The molecule has 0 heterocycles. The summed E-state index contributed by atoms with van der Waals surface area (Å²) in [6.07, 6.45) is 2.42. The Labute approximate surface area is 84.5 Å². The van der Waals surface area contributed by atoms with Crippen LogP contribution in [0.3, 0.4) is 0 Å². The van der Waals surface area contributed by atoms with Crippen molar-refractivity contribution in [2.45, 2.75) is 46.7 Å². The second kappa shape index (κ2) is 6.57. The quantitative estimate of drug-likeness (QED) is 0.466. The van der Waals surface area contributed by atoms with Crippen LogP contribution < -0.4 is 0 Å². The average molecular weight is 203 g/mol. The monoisotopic (exact) mass is 203 g/mol. The summed E-state index contributed by atoms with van der Waals surface area (Å²) in [5, 5.41) is 0. The lowest BCUT2D eigenvalue weighted by molar-refractivity contribution is 0.244. The van der Waals surface area contributed by atoms with Gasteiger partial charge in [0.1, 0.15) is 0 Å². The standard InChI is InChI=1S/C10H25NOSi/c1-6-9-10-12-13(4,5)11(7-2)8-3/h6-10H2,1-5H3. The third kappa shape index (κ3) is 4.79. The second-order valence-corrected chi connectivity index (χ2v) is 7.64. The molecule has 0 aromatic carbocycles.